The number of carboxylic acids is 1. The monoisotopic (exact) mass is 413 g/mol. The van der Waals surface area contributed by atoms with E-state index in [2.05, 4.69) is 15.5 Å². The van der Waals surface area contributed by atoms with Crippen molar-refractivity contribution in [3.05, 3.63) is 71.4 Å². The number of hydrogen-bond donors (Lipinski definition) is 2. The van der Waals surface area contributed by atoms with Gasteiger partial charge in [-0.25, -0.2) is 13.6 Å². The number of nitrogens with one attached hydrogen (secondary N) is 1. The number of carbonyl (C=O) groups is 1. The van der Waals surface area contributed by atoms with Crippen molar-refractivity contribution in [1.82, 2.24) is 10.2 Å². The standard InChI is InChI=1S/C21H17F2N3O4/c1-29-21(10-30-11-21)12-5-7-13(8-6-12)24-17-9-16(25-26-19(17)20(27)28)18-14(22)3-2-4-15(18)23/h2-9H,10-11H2,1H3,(H,24,25)(H,27,28). The van der Waals surface area contributed by atoms with E-state index in [4.69, 9.17) is 9.47 Å². The van der Waals surface area contributed by atoms with Crippen LogP contribution in [0.5, 0.6) is 0 Å². The molecule has 2 N–H and O–H groups in total. The van der Waals surface area contributed by atoms with Crippen LogP contribution in [0.4, 0.5) is 20.2 Å². The molecule has 7 nitrogen and oxygen atoms in total. The number of nitrogens with zero attached hydrogens (tertiary/aromatic N) is 2. The summed E-state index contributed by atoms with van der Waals surface area (Å²) in [6.07, 6.45) is 0. The molecule has 0 spiro atoms. The maximum Gasteiger partial charge on any atom is 0.358 e. The van der Waals surface area contributed by atoms with Crippen molar-refractivity contribution in [1.29, 1.82) is 0 Å². The van der Waals surface area contributed by atoms with Gasteiger partial charge in [-0.2, -0.15) is 0 Å². The molecular weight excluding hydrogens is 396 g/mol. The maximum absolute atomic E-state index is 14.1. The lowest BCUT2D eigenvalue weighted by atomic mass is 9.91. The summed E-state index contributed by atoms with van der Waals surface area (Å²) in [5.74, 6) is -2.97. The van der Waals surface area contributed by atoms with E-state index >= 15 is 0 Å². The molecule has 4 rings (SSSR count). The van der Waals surface area contributed by atoms with Gasteiger partial charge in [0.2, 0.25) is 0 Å². The molecule has 9 heteroatoms. The Bertz CT molecular complexity index is 1080. The number of ether oxygens (including phenoxy) is 2. The van der Waals surface area contributed by atoms with Crippen molar-refractivity contribution in [2.24, 2.45) is 0 Å². The Kier molecular flexibility index (Phi) is 5.15. The summed E-state index contributed by atoms with van der Waals surface area (Å²) in [6.45, 7) is 0.899. The van der Waals surface area contributed by atoms with Gasteiger partial charge in [-0.1, -0.05) is 18.2 Å². The van der Waals surface area contributed by atoms with Gasteiger partial charge in [-0.15, -0.1) is 10.2 Å². The molecule has 2 heterocycles. The van der Waals surface area contributed by atoms with Gasteiger partial charge in [0, 0.05) is 12.8 Å². The van der Waals surface area contributed by atoms with Gasteiger partial charge in [0.15, 0.2) is 5.69 Å². The summed E-state index contributed by atoms with van der Waals surface area (Å²) in [5.41, 5.74) is 0.157. The first-order chi connectivity index (χ1) is 14.4. The van der Waals surface area contributed by atoms with Crippen LogP contribution in [0.2, 0.25) is 0 Å². The van der Waals surface area contributed by atoms with E-state index in [0.29, 0.717) is 18.9 Å². The van der Waals surface area contributed by atoms with Crippen LogP contribution in [0.25, 0.3) is 11.3 Å². The highest BCUT2D eigenvalue weighted by Crippen LogP contribution is 2.34. The van der Waals surface area contributed by atoms with Crippen LogP contribution < -0.4 is 5.32 Å². The van der Waals surface area contributed by atoms with Gasteiger partial charge in [-0.05, 0) is 35.9 Å². The second-order valence-corrected chi connectivity index (χ2v) is 6.79. The molecule has 1 aliphatic rings. The zero-order valence-corrected chi connectivity index (χ0v) is 15.9. The molecule has 0 radical (unpaired) electrons. The number of hydrogen-bond acceptors (Lipinski definition) is 6. The molecule has 1 fully saturated rings. The Labute approximate surface area is 170 Å². The first-order valence-electron chi connectivity index (χ1n) is 8.99. The first-order valence-corrected chi connectivity index (χ1v) is 8.99. The molecule has 0 aliphatic carbocycles. The first kappa shape index (κ1) is 19.9. The fourth-order valence-corrected chi connectivity index (χ4v) is 3.21. The van der Waals surface area contributed by atoms with Gasteiger partial charge in [0.05, 0.1) is 24.5 Å². The third-order valence-electron chi connectivity index (χ3n) is 4.97. The molecule has 0 unspecified atom stereocenters. The van der Waals surface area contributed by atoms with E-state index in [1.165, 1.54) is 12.1 Å². The van der Waals surface area contributed by atoms with E-state index in [9.17, 15) is 18.7 Å². The number of carboxylic acid groups (broad SMARTS) is 1. The Morgan fingerprint density at radius 1 is 1.13 bits per heavy atom. The lowest BCUT2D eigenvalue weighted by molar-refractivity contribution is -0.202. The zero-order chi connectivity index (χ0) is 21.3. The van der Waals surface area contributed by atoms with Crippen LogP contribution in [0.15, 0.2) is 48.5 Å². The van der Waals surface area contributed by atoms with Crippen LogP contribution in [-0.4, -0.2) is 41.6 Å². The molecule has 3 aromatic rings. The molecular formula is C21H17F2N3O4. The Morgan fingerprint density at radius 3 is 2.33 bits per heavy atom. The van der Waals surface area contributed by atoms with E-state index < -0.39 is 23.2 Å². The quantitative estimate of drug-likeness (QED) is 0.636. The van der Waals surface area contributed by atoms with E-state index in [1.807, 2.05) is 12.1 Å². The third-order valence-corrected chi connectivity index (χ3v) is 4.97. The maximum atomic E-state index is 14.1. The number of halogens is 2. The molecule has 30 heavy (non-hydrogen) atoms. The molecule has 0 bridgehead atoms. The summed E-state index contributed by atoms with van der Waals surface area (Å²) >= 11 is 0. The second-order valence-electron chi connectivity index (χ2n) is 6.79. The predicted octanol–water partition coefficient (Wildman–Crippen LogP) is 3.74. The van der Waals surface area contributed by atoms with Crippen molar-refractivity contribution < 1.29 is 28.2 Å². The SMILES string of the molecule is COC1(c2ccc(Nc3cc(-c4c(F)cccc4F)nnc3C(=O)O)cc2)COC1. The lowest BCUT2D eigenvalue weighted by Gasteiger charge is -2.40. The molecule has 0 saturated carbocycles. The highest BCUT2D eigenvalue weighted by molar-refractivity contribution is 5.93. The van der Waals surface area contributed by atoms with Crippen molar-refractivity contribution in [3.8, 4) is 11.3 Å². The Balaban J connectivity index is 1.68. The van der Waals surface area contributed by atoms with Gasteiger partial charge in [0.1, 0.15) is 22.9 Å². The zero-order valence-electron chi connectivity index (χ0n) is 15.9. The number of benzene rings is 2. The van der Waals surface area contributed by atoms with Gasteiger partial charge >= 0.3 is 5.97 Å². The minimum absolute atomic E-state index is 0.0522. The topological polar surface area (TPSA) is 93.6 Å². The van der Waals surface area contributed by atoms with Crippen LogP contribution in [0, 0.1) is 11.6 Å². The number of anilines is 2. The largest absolute Gasteiger partial charge is 0.476 e. The summed E-state index contributed by atoms with van der Waals surface area (Å²) < 4.78 is 39.0. The number of aromatic nitrogens is 2. The fourth-order valence-electron chi connectivity index (χ4n) is 3.21. The van der Waals surface area contributed by atoms with Crippen LogP contribution >= 0.6 is 0 Å². The number of rotatable bonds is 6. The van der Waals surface area contributed by atoms with Crippen molar-refractivity contribution >= 4 is 17.3 Å². The summed E-state index contributed by atoms with van der Waals surface area (Å²) in [6, 6.07) is 11.8. The molecule has 2 aromatic carbocycles. The van der Waals surface area contributed by atoms with E-state index in [0.717, 1.165) is 17.7 Å². The smallest absolute Gasteiger partial charge is 0.358 e. The summed E-state index contributed by atoms with van der Waals surface area (Å²) in [4.78, 5) is 11.5. The molecule has 1 aromatic heterocycles. The minimum Gasteiger partial charge on any atom is -0.476 e. The van der Waals surface area contributed by atoms with Gasteiger partial charge in [-0.3, -0.25) is 0 Å². The van der Waals surface area contributed by atoms with Crippen molar-refractivity contribution in [2.45, 2.75) is 5.60 Å². The van der Waals surface area contributed by atoms with Crippen molar-refractivity contribution in [3.63, 3.8) is 0 Å². The highest BCUT2D eigenvalue weighted by atomic mass is 19.1. The van der Waals surface area contributed by atoms with Gasteiger partial charge in [0.25, 0.3) is 0 Å². The van der Waals surface area contributed by atoms with Gasteiger partial charge < -0.3 is 19.9 Å². The predicted molar refractivity (Wildman–Crippen MR) is 104 cm³/mol. The molecule has 0 amide bonds. The fraction of sp³-hybridized carbons (Fsp3) is 0.190. The van der Waals surface area contributed by atoms with Crippen LogP contribution in [0.1, 0.15) is 16.1 Å². The third kappa shape index (κ3) is 3.49. The normalized spacial score (nSPS) is 14.8. The van der Waals surface area contributed by atoms with E-state index in [-0.39, 0.29) is 22.6 Å². The van der Waals surface area contributed by atoms with Crippen LogP contribution in [-0.2, 0) is 15.1 Å². The van der Waals surface area contributed by atoms with E-state index in [1.54, 1.807) is 19.2 Å². The Hall–Kier alpha value is -3.43. The molecule has 154 valence electrons. The highest BCUT2D eigenvalue weighted by Gasteiger charge is 2.40. The minimum atomic E-state index is -1.33. The average Bonchev–Trinajstić information content (AvgIpc) is 2.69. The van der Waals surface area contributed by atoms with Crippen molar-refractivity contribution in [2.75, 3.05) is 25.6 Å². The second kappa shape index (κ2) is 7.77. The van der Waals surface area contributed by atoms with Crippen LogP contribution in [0.3, 0.4) is 0 Å². The Morgan fingerprint density at radius 2 is 1.80 bits per heavy atom. The lowest BCUT2D eigenvalue weighted by Crippen LogP contribution is -2.48. The average molecular weight is 413 g/mol. The molecule has 1 saturated heterocycles. The number of methoxy groups -OCH3 is 1. The number of aromatic carboxylic acids is 1. The summed E-state index contributed by atoms with van der Waals surface area (Å²) in [5, 5.41) is 19.7. The molecule has 1 aliphatic heterocycles. The summed E-state index contributed by atoms with van der Waals surface area (Å²) in [7, 11) is 1.61. The molecule has 0 atom stereocenters.